The van der Waals surface area contributed by atoms with E-state index in [1.165, 1.54) is 41.6 Å². The average Bonchev–Trinajstić information content (AvgIpc) is 2.47. The predicted molar refractivity (Wildman–Crippen MR) is 105 cm³/mol. The van der Waals surface area contributed by atoms with Crippen molar-refractivity contribution in [1.82, 2.24) is 0 Å². The van der Waals surface area contributed by atoms with Crippen molar-refractivity contribution < 1.29 is 5.11 Å². The van der Waals surface area contributed by atoms with Crippen molar-refractivity contribution in [3.63, 3.8) is 0 Å². The van der Waals surface area contributed by atoms with Crippen LogP contribution in [0.25, 0.3) is 0 Å². The van der Waals surface area contributed by atoms with Crippen LogP contribution in [0.3, 0.4) is 0 Å². The lowest BCUT2D eigenvalue weighted by Gasteiger charge is -2.02. The summed E-state index contributed by atoms with van der Waals surface area (Å²) in [5.41, 5.74) is 5.87. The maximum absolute atomic E-state index is 8.78. The molecule has 0 bridgehead atoms. The molecule has 0 spiro atoms. The van der Waals surface area contributed by atoms with Gasteiger partial charge in [-0.25, -0.2) is 0 Å². The van der Waals surface area contributed by atoms with Crippen molar-refractivity contribution in [3.05, 3.63) is 46.6 Å². The van der Waals surface area contributed by atoms with Gasteiger partial charge in [0.05, 0.1) is 0 Å². The lowest BCUT2D eigenvalue weighted by molar-refractivity contribution is 0.289. The van der Waals surface area contributed by atoms with Crippen LogP contribution in [0.2, 0.25) is 0 Å². The van der Waals surface area contributed by atoms with Gasteiger partial charge in [-0.2, -0.15) is 0 Å². The number of allylic oxidation sites excluding steroid dienone is 8. The molecule has 0 aromatic heterocycles. The normalized spacial score (nSPS) is 13.4. The van der Waals surface area contributed by atoms with E-state index < -0.39 is 0 Å². The topological polar surface area (TPSA) is 20.2 Å². The molecular weight excluding hydrogens is 280 g/mol. The third kappa shape index (κ3) is 15.6. The van der Waals surface area contributed by atoms with Crippen molar-refractivity contribution in [3.8, 4) is 0 Å². The summed E-state index contributed by atoms with van der Waals surface area (Å²) in [6.07, 6.45) is 18.2. The van der Waals surface area contributed by atoms with Crippen LogP contribution in [0.4, 0.5) is 0 Å². The van der Waals surface area contributed by atoms with Gasteiger partial charge in [0.15, 0.2) is 0 Å². The zero-order valence-corrected chi connectivity index (χ0v) is 16.1. The van der Waals surface area contributed by atoms with E-state index in [2.05, 4.69) is 58.9 Å². The summed E-state index contributed by atoms with van der Waals surface area (Å²) < 4.78 is 0. The minimum Gasteiger partial charge on any atom is -0.396 e. The molecule has 1 N–H and O–H groups in total. The first-order chi connectivity index (χ1) is 11.0. The molecule has 0 aromatic carbocycles. The standard InChI is InChI=1S/C22H38O/c1-19(2)11-8-13-21(4)15-10-17-22(5)16-9-14-20(3)12-6-7-18-23/h11-12,15-16,23H,6-10,13-14,17-18H2,1-5H3. The van der Waals surface area contributed by atoms with Crippen LogP contribution < -0.4 is 0 Å². The van der Waals surface area contributed by atoms with Crippen LogP contribution in [0.1, 0.15) is 86.0 Å². The summed E-state index contributed by atoms with van der Waals surface area (Å²) in [5, 5.41) is 8.78. The van der Waals surface area contributed by atoms with Crippen molar-refractivity contribution in [2.24, 2.45) is 0 Å². The lowest BCUT2D eigenvalue weighted by Crippen LogP contribution is -1.83. The molecule has 0 aromatic rings. The Morgan fingerprint density at radius 3 is 1.39 bits per heavy atom. The largest absolute Gasteiger partial charge is 0.396 e. The summed E-state index contributed by atoms with van der Waals surface area (Å²) in [5.74, 6) is 0. The van der Waals surface area contributed by atoms with Gasteiger partial charge in [-0.15, -0.1) is 0 Å². The van der Waals surface area contributed by atoms with Crippen LogP contribution in [-0.2, 0) is 0 Å². The van der Waals surface area contributed by atoms with E-state index in [0.717, 1.165) is 32.1 Å². The molecule has 0 saturated carbocycles. The molecule has 1 heteroatoms. The van der Waals surface area contributed by atoms with Gasteiger partial charge >= 0.3 is 0 Å². The van der Waals surface area contributed by atoms with Crippen LogP contribution in [-0.4, -0.2) is 11.7 Å². The monoisotopic (exact) mass is 318 g/mol. The molecule has 132 valence electrons. The highest BCUT2D eigenvalue weighted by Gasteiger charge is 1.93. The number of hydrogen-bond donors (Lipinski definition) is 1. The zero-order chi connectivity index (χ0) is 17.5. The number of unbranched alkanes of at least 4 members (excludes halogenated alkanes) is 1. The van der Waals surface area contributed by atoms with Crippen LogP contribution >= 0.6 is 0 Å². The van der Waals surface area contributed by atoms with E-state index in [9.17, 15) is 0 Å². The third-order valence-electron chi connectivity index (χ3n) is 4.01. The van der Waals surface area contributed by atoms with Gasteiger partial charge in [-0.3, -0.25) is 0 Å². The van der Waals surface area contributed by atoms with Gasteiger partial charge in [0.25, 0.3) is 0 Å². The minimum absolute atomic E-state index is 0.296. The Labute approximate surface area is 144 Å². The summed E-state index contributed by atoms with van der Waals surface area (Å²) in [6, 6.07) is 0. The molecule has 0 aliphatic heterocycles. The average molecular weight is 319 g/mol. The Morgan fingerprint density at radius 2 is 1.00 bits per heavy atom. The Kier molecular flexibility index (Phi) is 13.8. The highest BCUT2D eigenvalue weighted by molar-refractivity contribution is 5.07. The quantitative estimate of drug-likeness (QED) is 0.306. The second-order valence-corrected chi connectivity index (χ2v) is 6.91. The van der Waals surface area contributed by atoms with Gasteiger partial charge < -0.3 is 5.11 Å². The van der Waals surface area contributed by atoms with E-state index in [-0.39, 0.29) is 0 Å². The molecule has 23 heavy (non-hydrogen) atoms. The fraction of sp³-hybridized carbons (Fsp3) is 0.636. The fourth-order valence-electron chi connectivity index (χ4n) is 2.43. The van der Waals surface area contributed by atoms with Gasteiger partial charge in [-0.1, -0.05) is 46.6 Å². The van der Waals surface area contributed by atoms with Crippen molar-refractivity contribution in [1.29, 1.82) is 0 Å². The van der Waals surface area contributed by atoms with Gasteiger partial charge in [0.2, 0.25) is 0 Å². The molecule has 0 amide bonds. The van der Waals surface area contributed by atoms with E-state index in [1.54, 1.807) is 0 Å². The summed E-state index contributed by atoms with van der Waals surface area (Å²) in [4.78, 5) is 0. The minimum atomic E-state index is 0.296. The van der Waals surface area contributed by atoms with E-state index in [1.807, 2.05) is 0 Å². The smallest absolute Gasteiger partial charge is 0.0433 e. The molecule has 0 atom stereocenters. The van der Waals surface area contributed by atoms with Gasteiger partial charge in [-0.05, 0) is 86.0 Å². The Balaban J connectivity index is 3.93. The number of rotatable bonds is 12. The first-order valence-electron chi connectivity index (χ1n) is 9.16. The van der Waals surface area contributed by atoms with Crippen LogP contribution in [0.5, 0.6) is 0 Å². The van der Waals surface area contributed by atoms with Crippen LogP contribution in [0.15, 0.2) is 46.6 Å². The van der Waals surface area contributed by atoms with Crippen molar-refractivity contribution in [2.75, 3.05) is 6.61 Å². The first kappa shape index (κ1) is 21.9. The molecule has 0 rings (SSSR count). The number of hydrogen-bond acceptors (Lipinski definition) is 1. The number of aliphatic hydroxyl groups is 1. The highest BCUT2D eigenvalue weighted by atomic mass is 16.2. The van der Waals surface area contributed by atoms with E-state index in [0.29, 0.717) is 6.61 Å². The maximum Gasteiger partial charge on any atom is 0.0433 e. The highest BCUT2D eigenvalue weighted by Crippen LogP contribution is 2.13. The Morgan fingerprint density at radius 1 is 0.609 bits per heavy atom. The summed E-state index contributed by atoms with van der Waals surface area (Å²) in [6.45, 7) is 11.3. The lowest BCUT2D eigenvalue weighted by atomic mass is 10.0. The van der Waals surface area contributed by atoms with Crippen LogP contribution in [0, 0.1) is 0 Å². The third-order valence-corrected chi connectivity index (χ3v) is 4.01. The fourth-order valence-corrected chi connectivity index (χ4v) is 2.43. The van der Waals surface area contributed by atoms with Gasteiger partial charge in [0.1, 0.15) is 0 Å². The molecule has 0 radical (unpaired) electrons. The second kappa shape index (κ2) is 14.5. The van der Waals surface area contributed by atoms with Crippen molar-refractivity contribution in [2.45, 2.75) is 86.0 Å². The SMILES string of the molecule is CC(C)=CCCC(C)=CCCC(C)=CCCC(C)=CCCCO. The molecule has 0 fully saturated rings. The van der Waals surface area contributed by atoms with Gasteiger partial charge in [0, 0.05) is 6.61 Å². The zero-order valence-electron chi connectivity index (χ0n) is 16.1. The molecular formula is C22H38O. The molecule has 1 nitrogen and oxygen atoms in total. The first-order valence-corrected chi connectivity index (χ1v) is 9.16. The summed E-state index contributed by atoms with van der Waals surface area (Å²) >= 11 is 0. The predicted octanol–water partition coefficient (Wildman–Crippen LogP) is 6.90. The molecule has 0 aliphatic carbocycles. The molecule has 0 aliphatic rings. The molecule has 0 heterocycles. The Bertz CT molecular complexity index is 417. The second-order valence-electron chi connectivity index (χ2n) is 6.91. The maximum atomic E-state index is 8.78. The van der Waals surface area contributed by atoms with Crippen molar-refractivity contribution >= 4 is 0 Å². The van der Waals surface area contributed by atoms with E-state index in [4.69, 9.17) is 5.11 Å². The Hall–Kier alpha value is -1.08. The molecule has 0 saturated heterocycles. The molecule has 0 unspecified atom stereocenters. The van der Waals surface area contributed by atoms with E-state index >= 15 is 0 Å². The number of aliphatic hydroxyl groups excluding tert-OH is 1. The summed E-state index contributed by atoms with van der Waals surface area (Å²) in [7, 11) is 0.